The van der Waals surface area contributed by atoms with Gasteiger partial charge in [-0.3, -0.25) is 14.9 Å². The molecule has 1 amide bonds. The number of nitrogens with zero attached hydrogens (tertiary/aromatic N) is 1. The third-order valence-corrected chi connectivity index (χ3v) is 5.47. The zero-order valence-corrected chi connectivity index (χ0v) is 21.6. The van der Waals surface area contributed by atoms with Gasteiger partial charge in [-0.15, -0.1) is 0 Å². The zero-order valence-electron chi connectivity index (χ0n) is 21.6. The molecule has 10 heteroatoms. The van der Waals surface area contributed by atoms with Crippen LogP contribution in [0.15, 0.2) is 54.6 Å². The van der Waals surface area contributed by atoms with Gasteiger partial charge in [0.25, 0.3) is 0 Å². The molecule has 10 nitrogen and oxygen atoms in total. The van der Waals surface area contributed by atoms with Gasteiger partial charge >= 0.3 is 5.69 Å². The molecule has 1 N–H and O–H groups in total. The molecule has 0 saturated heterocycles. The third-order valence-electron chi connectivity index (χ3n) is 5.47. The molecule has 0 fully saturated rings. The minimum Gasteiger partial charge on any atom is -0.495 e. The lowest BCUT2D eigenvalue weighted by Gasteiger charge is -2.13. The number of hydrogen-bond acceptors (Lipinski definition) is 8. The average molecular weight is 521 g/mol. The quantitative estimate of drug-likeness (QED) is 0.153. The maximum Gasteiger partial charge on any atom is 0.310 e. The molecule has 0 radical (unpaired) electrons. The first-order valence-corrected chi connectivity index (χ1v) is 11.3. The van der Waals surface area contributed by atoms with Crippen molar-refractivity contribution in [1.29, 1.82) is 0 Å². The van der Waals surface area contributed by atoms with Crippen molar-refractivity contribution in [3.8, 4) is 28.7 Å². The number of hydrogen-bond donors (Lipinski definition) is 1. The molecule has 198 valence electrons. The average Bonchev–Trinajstić information content (AvgIpc) is 2.94. The van der Waals surface area contributed by atoms with Crippen LogP contribution >= 0.6 is 0 Å². The highest BCUT2D eigenvalue weighted by molar-refractivity contribution is 6.03. The van der Waals surface area contributed by atoms with Gasteiger partial charge < -0.3 is 29.0 Å². The Balaban J connectivity index is 1.75. The maximum absolute atomic E-state index is 12.5. The van der Waals surface area contributed by atoms with E-state index in [9.17, 15) is 14.9 Å². The highest BCUT2D eigenvalue weighted by Crippen LogP contribution is 2.38. The Morgan fingerprint density at radius 1 is 0.711 bits per heavy atom. The first-order chi connectivity index (χ1) is 18.3. The number of nitro benzene ring substituents is 1. The smallest absolute Gasteiger partial charge is 0.310 e. The molecular formula is C28H28N2O8. The summed E-state index contributed by atoms with van der Waals surface area (Å²) in [6, 6.07) is 13.3. The molecule has 38 heavy (non-hydrogen) atoms. The largest absolute Gasteiger partial charge is 0.495 e. The molecule has 3 aromatic carbocycles. The summed E-state index contributed by atoms with van der Waals surface area (Å²) < 4.78 is 26.7. The molecule has 0 heterocycles. The minimum absolute atomic E-state index is 0.106. The second-order valence-corrected chi connectivity index (χ2v) is 7.76. The summed E-state index contributed by atoms with van der Waals surface area (Å²) in [6.07, 6.45) is 6.62. The molecule has 3 rings (SSSR count). The van der Waals surface area contributed by atoms with Crippen LogP contribution in [-0.4, -0.2) is 46.4 Å². The Hall–Kier alpha value is -4.99. The summed E-state index contributed by atoms with van der Waals surface area (Å²) in [6.45, 7) is 0. The van der Waals surface area contributed by atoms with Crippen molar-refractivity contribution in [3.63, 3.8) is 0 Å². The summed E-state index contributed by atoms with van der Waals surface area (Å²) in [5.74, 6) is 1.77. The van der Waals surface area contributed by atoms with Gasteiger partial charge in [0.15, 0.2) is 17.2 Å². The van der Waals surface area contributed by atoms with Gasteiger partial charge in [-0.2, -0.15) is 0 Å². The molecule has 0 aliphatic rings. The van der Waals surface area contributed by atoms with Gasteiger partial charge in [0.05, 0.1) is 46.2 Å². The number of nitro groups is 1. The predicted molar refractivity (Wildman–Crippen MR) is 145 cm³/mol. The number of carbonyl (C=O) groups excluding carboxylic acids is 1. The van der Waals surface area contributed by atoms with Gasteiger partial charge in [0, 0.05) is 12.1 Å². The van der Waals surface area contributed by atoms with Crippen LogP contribution in [0.4, 0.5) is 11.4 Å². The first-order valence-electron chi connectivity index (χ1n) is 11.3. The van der Waals surface area contributed by atoms with Crippen molar-refractivity contribution in [1.82, 2.24) is 0 Å². The Kier molecular flexibility index (Phi) is 9.31. The van der Waals surface area contributed by atoms with Crippen molar-refractivity contribution < 1.29 is 33.4 Å². The number of amides is 1. The number of carbonyl (C=O) groups is 1. The topological polar surface area (TPSA) is 118 Å². The van der Waals surface area contributed by atoms with Crippen LogP contribution in [0.2, 0.25) is 0 Å². The van der Waals surface area contributed by atoms with Crippen molar-refractivity contribution in [3.05, 3.63) is 81.4 Å². The lowest BCUT2D eigenvalue weighted by molar-refractivity contribution is -0.385. The summed E-state index contributed by atoms with van der Waals surface area (Å²) in [5, 5.41) is 13.8. The Morgan fingerprint density at radius 2 is 1.24 bits per heavy atom. The molecule has 0 saturated carbocycles. The second kappa shape index (κ2) is 12.8. The minimum atomic E-state index is -0.533. The molecule has 0 atom stereocenters. The fourth-order valence-corrected chi connectivity index (χ4v) is 3.60. The number of nitrogens with one attached hydrogen (secondary N) is 1. The molecule has 0 bridgehead atoms. The zero-order chi connectivity index (χ0) is 27.7. The molecule has 0 aliphatic heterocycles. The number of anilines is 1. The van der Waals surface area contributed by atoms with Crippen LogP contribution in [0.25, 0.3) is 18.2 Å². The van der Waals surface area contributed by atoms with E-state index in [0.29, 0.717) is 34.2 Å². The van der Waals surface area contributed by atoms with E-state index >= 15 is 0 Å². The van der Waals surface area contributed by atoms with E-state index < -0.39 is 10.8 Å². The highest BCUT2D eigenvalue weighted by atomic mass is 16.6. The van der Waals surface area contributed by atoms with Crippen molar-refractivity contribution in [2.24, 2.45) is 0 Å². The second-order valence-electron chi connectivity index (χ2n) is 7.76. The van der Waals surface area contributed by atoms with Gasteiger partial charge in [0.1, 0.15) is 5.75 Å². The number of benzene rings is 3. The van der Waals surface area contributed by atoms with Crippen molar-refractivity contribution in [2.45, 2.75) is 0 Å². The van der Waals surface area contributed by atoms with Gasteiger partial charge in [-0.05, 0) is 59.2 Å². The fourth-order valence-electron chi connectivity index (χ4n) is 3.60. The van der Waals surface area contributed by atoms with Crippen molar-refractivity contribution in [2.75, 3.05) is 40.9 Å². The molecule has 3 aromatic rings. The Morgan fingerprint density at radius 3 is 1.82 bits per heavy atom. The molecular weight excluding hydrogens is 492 g/mol. The number of ether oxygens (including phenoxy) is 5. The first kappa shape index (κ1) is 27.6. The van der Waals surface area contributed by atoms with Crippen LogP contribution in [-0.2, 0) is 4.79 Å². The lowest BCUT2D eigenvalue weighted by Crippen LogP contribution is -2.09. The molecule has 0 aliphatic carbocycles. The van der Waals surface area contributed by atoms with E-state index in [1.54, 1.807) is 33.5 Å². The normalized spacial score (nSPS) is 10.9. The summed E-state index contributed by atoms with van der Waals surface area (Å²) in [4.78, 5) is 23.0. The van der Waals surface area contributed by atoms with Gasteiger partial charge in [0.2, 0.25) is 11.7 Å². The van der Waals surface area contributed by atoms with Crippen LogP contribution in [0, 0.1) is 10.1 Å². The van der Waals surface area contributed by atoms with E-state index in [2.05, 4.69) is 5.32 Å². The fraction of sp³-hybridized carbons (Fsp3) is 0.179. The van der Waals surface area contributed by atoms with Gasteiger partial charge in [-0.1, -0.05) is 18.2 Å². The Labute approximate surface area is 220 Å². The molecule has 0 spiro atoms. The molecule has 0 aromatic heterocycles. The van der Waals surface area contributed by atoms with E-state index in [-0.39, 0.29) is 11.4 Å². The van der Waals surface area contributed by atoms with Crippen LogP contribution in [0.3, 0.4) is 0 Å². The van der Waals surface area contributed by atoms with Crippen molar-refractivity contribution >= 4 is 35.5 Å². The van der Waals surface area contributed by atoms with E-state index in [1.165, 1.54) is 44.6 Å². The monoisotopic (exact) mass is 520 g/mol. The lowest BCUT2D eigenvalue weighted by atomic mass is 10.1. The van der Waals surface area contributed by atoms with Crippen LogP contribution in [0.5, 0.6) is 28.7 Å². The third kappa shape index (κ3) is 6.61. The standard InChI is InChI=1S/C28H28N2O8/c1-34-23-14-18(6-7-20-16-25(36-3)28(38-5)26(17-20)37-4)8-11-21(23)29-27(31)13-10-19-9-12-22(30(32)33)24(15-19)35-2/h6-17H,1-5H3,(H,29,31)/b7-6?,13-10+. The van der Waals surface area contributed by atoms with E-state index in [4.69, 9.17) is 23.7 Å². The van der Waals surface area contributed by atoms with E-state index in [0.717, 1.165) is 11.1 Å². The summed E-state index contributed by atoms with van der Waals surface area (Å²) >= 11 is 0. The highest BCUT2D eigenvalue weighted by Gasteiger charge is 2.14. The maximum atomic E-state index is 12.5. The SMILES string of the molecule is COc1cc(C=Cc2cc(OC)c(OC)c(OC)c2)ccc1NC(=O)/C=C/c1ccc([N+](=O)[O-])c(OC)c1. The van der Waals surface area contributed by atoms with Gasteiger partial charge in [-0.25, -0.2) is 0 Å². The van der Waals surface area contributed by atoms with E-state index in [1.807, 2.05) is 30.4 Å². The summed E-state index contributed by atoms with van der Waals surface area (Å²) in [7, 11) is 7.52. The molecule has 0 unspecified atom stereocenters. The number of rotatable bonds is 11. The summed E-state index contributed by atoms with van der Waals surface area (Å²) in [5.41, 5.74) is 2.57. The Bertz CT molecular complexity index is 1360. The predicted octanol–water partition coefficient (Wildman–Crippen LogP) is 5.46. The van der Waals surface area contributed by atoms with Crippen LogP contribution < -0.4 is 29.0 Å². The van der Waals surface area contributed by atoms with Crippen LogP contribution in [0.1, 0.15) is 16.7 Å². The number of methoxy groups -OCH3 is 5.